The van der Waals surface area contributed by atoms with E-state index in [4.69, 9.17) is 17.3 Å². The molecule has 70 valence electrons. The lowest BCUT2D eigenvalue weighted by atomic mass is 10.1. The lowest BCUT2D eigenvalue weighted by Crippen LogP contribution is -2.00. The van der Waals surface area contributed by atoms with Crippen molar-refractivity contribution in [2.24, 2.45) is 0 Å². The minimum atomic E-state index is -0.489. The molecule has 4 heteroatoms. The van der Waals surface area contributed by atoms with Gasteiger partial charge in [-0.05, 0) is 24.6 Å². The van der Waals surface area contributed by atoms with Gasteiger partial charge in [0.05, 0.1) is 10.7 Å². The second-order valence-electron chi connectivity index (χ2n) is 2.84. The Morgan fingerprint density at radius 1 is 1.62 bits per heavy atom. The SMILES string of the molecule is CC(=O)Cc1cc(Cl)c(N)cc1F. The average Bonchev–Trinajstić information content (AvgIpc) is 1.99. The van der Waals surface area contributed by atoms with Gasteiger partial charge in [-0.25, -0.2) is 4.39 Å². The number of ketones is 1. The molecule has 13 heavy (non-hydrogen) atoms. The fourth-order valence-electron chi connectivity index (χ4n) is 1.01. The van der Waals surface area contributed by atoms with Crippen molar-refractivity contribution in [2.45, 2.75) is 13.3 Å². The average molecular weight is 202 g/mol. The summed E-state index contributed by atoms with van der Waals surface area (Å²) >= 11 is 5.67. The number of rotatable bonds is 2. The molecule has 0 aromatic heterocycles. The molecule has 2 nitrogen and oxygen atoms in total. The van der Waals surface area contributed by atoms with Gasteiger partial charge in [-0.3, -0.25) is 4.79 Å². The van der Waals surface area contributed by atoms with Gasteiger partial charge in [0.15, 0.2) is 0 Å². The molecule has 0 aliphatic carbocycles. The Kier molecular flexibility index (Phi) is 2.88. The van der Waals surface area contributed by atoms with E-state index in [0.717, 1.165) is 6.07 Å². The van der Waals surface area contributed by atoms with Gasteiger partial charge in [0.2, 0.25) is 0 Å². The molecule has 1 aromatic rings. The molecular formula is C9H9ClFNO. The van der Waals surface area contributed by atoms with Crippen molar-refractivity contribution in [3.05, 3.63) is 28.5 Å². The highest BCUT2D eigenvalue weighted by atomic mass is 35.5. The summed E-state index contributed by atoms with van der Waals surface area (Å²) in [5.74, 6) is -0.600. The maximum atomic E-state index is 13.1. The van der Waals surface area contributed by atoms with Crippen molar-refractivity contribution in [3.8, 4) is 0 Å². The van der Waals surface area contributed by atoms with Crippen molar-refractivity contribution in [1.29, 1.82) is 0 Å². The number of carbonyl (C=O) groups is 1. The summed E-state index contributed by atoms with van der Waals surface area (Å²) in [5.41, 5.74) is 5.83. The predicted molar refractivity (Wildman–Crippen MR) is 50.2 cm³/mol. The molecule has 0 spiro atoms. The Morgan fingerprint density at radius 2 is 2.23 bits per heavy atom. The number of Topliss-reactive ketones (excluding diaryl/α,β-unsaturated/α-hetero) is 1. The minimum Gasteiger partial charge on any atom is -0.397 e. The van der Waals surface area contributed by atoms with Gasteiger partial charge >= 0.3 is 0 Å². The number of halogens is 2. The van der Waals surface area contributed by atoms with E-state index in [2.05, 4.69) is 0 Å². The minimum absolute atomic E-state index is 0.0475. The summed E-state index contributed by atoms with van der Waals surface area (Å²) in [4.78, 5) is 10.7. The Morgan fingerprint density at radius 3 is 2.77 bits per heavy atom. The van der Waals surface area contributed by atoms with E-state index in [1.54, 1.807) is 0 Å². The molecule has 1 aromatic carbocycles. The van der Waals surface area contributed by atoms with Crippen LogP contribution in [0.25, 0.3) is 0 Å². The van der Waals surface area contributed by atoms with E-state index < -0.39 is 5.82 Å². The second kappa shape index (κ2) is 3.75. The van der Waals surface area contributed by atoms with Gasteiger partial charge in [-0.15, -0.1) is 0 Å². The highest BCUT2D eigenvalue weighted by Gasteiger charge is 2.08. The largest absolute Gasteiger partial charge is 0.397 e. The van der Waals surface area contributed by atoms with E-state index in [-0.39, 0.29) is 28.5 Å². The van der Waals surface area contributed by atoms with Gasteiger partial charge in [0.25, 0.3) is 0 Å². The molecule has 0 radical (unpaired) electrons. The molecule has 2 N–H and O–H groups in total. The maximum Gasteiger partial charge on any atom is 0.134 e. The first-order valence-electron chi connectivity index (χ1n) is 3.73. The number of hydrogen-bond acceptors (Lipinski definition) is 2. The van der Waals surface area contributed by atoms with Crippen molar-refractivity contribution < 1.29 is 9.18 Å². The van der Waals surface area contributed by atoms with Crippen LogP contribution in [0.4, 0.5) is 10.1 Å². The summed E-state index contributed by atoms with van der Waals surface area (Å²) in [5, 5.41) is 0.276. The predicted octanol–water partition coefficient (Wildman–Crippen LogP) is 2.19. The topological polar surface area (TPSA) is 43.1 Å². The van der Waals surface area contributed by atoms with Crippen LogP contribution in [0.15, 0.2) is 12.1 Å². The van der Waals surface area contributed by atoms with Crippen LogP contribution in [0.1, 0.15) is 12.5 Å². The highest BCUT2D eigenvalue weighted by molar-refractivity contribution is 6.33. The molecule has 0 bridgehead atoms. The Hall–Kier alpha value is -1.09. The van der Waals surface area contributed by atoms with Crippen LogP contribution in [-0.2, 0) is 11.2 Å². The van der Waals surface area contributed by atoms with Gasteiger partial charge in [0.1, 0.15) is 11.6 Å². The quantitative estimate of drug-likeness (QED) is 0.746. The molecule has 0 aliphatic rings. The molecule has 0 heterocycles. The molecular weight excluding hydrogens is 193 g/mol. The number of nitrogens with two attached hydrogens (primary N) is 1. The van der Waals surface area contributed by atoms with Crippen molar-refractivity contribution >= 4 is 23.1 Å². The third-order valence-electron chi connectivity index (χ3n) is 1.61. The molecule has 0 saturated carbocycles. The van der Waals surface area contributed by atoms with Crippen molar-refractivity contribution in [1.82, 2.24) is 0 Å². The Labute approximate surface area is 80.5 Å². The molecule has 0 amide bonds. The van der Waals surface area contributed by atoms with Crippen LogP contribution < -0.4 is 5.73 Å². The highest BCUT2D eigenvalue weighted by Crippen LogP contribution is 2.22. The standard InChI is InChI=1S/C9H9ClFNO/c1-5(13)2-6-3-7(10)9(12)4-8(6)11/h3-4H,2,12H2,1H3. The number of carbonyl (C=O) groups excluding carboxylic acids is 1. The first-order valence-corrected chi connectivity index (χ1v) is 4.11. The van der Waals surface area contributed by atoms with E-state index in [9.17, 15) is 9.18 Å². The number of hydrogen-bond donors (Lipinski definition) is 1. The molecule has 0 aliphatic heterocycles. The zero-order valence-electron chi connectivity index (χ0n) is 7.10. The van der Waals surface area contributed by atoms with Crippen molar-refractivity contribution in [3.63, 3.8) is 0 Å². The Balaban J connectivity index is 3.08. The van der Waals surface area contributed by atoms with Crippen LogP contribution >= 0.6 is 11.6 Å². The zero-order valence-corrected chi connectivity index (χ0v) is 7.86. The van der Waals surface area contributed by atoms with Crippen molar-refractivity contribution in [2.75, 3.05) is 5.73 Å². The van der Waals surface area contributed by atoms with E-state index in [0.29, 0.717) is 0 Å². The summed E-state index contributed by atoms with van der Waals surface area (Å²) < 4.78 is 13.1. The number of anilines is 1. The monoisotopic (exact) mass is 201 g/mol. The number of nitrogen functional groups attached to an aromatic ring is 1. The van der Waals surface area contributed by atoms with E-state index in [1.807, 2.05) is 0 Å². The number of benzene rings is 1. The van der Waals surface area contributed by atoms with Crippen LogP contribution in [0, 0.1) is 5.82 Å². The first kappa shape index (κ1) is 9.99. The van der Waals surface area contributed by atoms with Crippen LogP contribution in [-0.4, -0.2) is 5.78 Å². The lowest BCUT2D eigenvalue weighted by molar-refractivity contribution is -0.116. The fourth-order valence-corrected chi connectivity index (χ4v) is 1.19. The summed E-state index contributed by atoms with van der Waals surface area (Å²) in [7, 11) is 0. The zero-order chi connectivity index (χ0) is 10.0. The molecule has 0 atom stereocenters. The first-order chi connectivity index (χ1) is 6.00. The summed E-state index contributed by atoms with van der Waals surface area (Å²) in [6, 6.07) is 2.51. The summed E-state index contributed by atoms with van der Waals surface area (Å²) in [6.45, 7) is 1.39. The normalized spacial score (nSPS) is 10.1. The van der Waals surface area contributed by atoms with Gasteiger partial charge in [-0.2, -0.15) is 0 Å². The van der Waals surface area contributed by atoms with E-state index in [1.165, 1.54) is 13.0 Å². The van der Waals surface area contributed by atoms with Gasteiger partial charge < -0.3 is 5.73 Å². The van der Waals surface area contributed by atoms with Crippen LogP contribution in [0.5, 0.6) is 0 Å². The van der Waals surface area contributed by atoms with Gasteiger partial charge in [0, 0.05) is 6.42 Å². The smallest absolute Gasteiger partial charge is 0.134 e. The van der Waals surface area contributed by atoms with E-state index >= 15 is 0 Å². The molecule has 0 unspecified atom stereocenters. The molecule has 1 rings (SSSR count). The molecule has 0 fully saturated rings. The van der Waals surface area contributed by atoms with Crippen LogP contribution in [0.3, 0.4) is 0 Å². The molecule has 0 saturated heterocycles. The van der Waals surface area contributed by atoms with Gasteiger partial charge in [-0.1, -0.05) is 11.6 Å². The fraction of sp³-hybridized carbons (Fsp3) is 0.222. The Bertz CT molecular complexity index is 352. The third-order valence-corrected chi connectivity index (χ3v) is 1.93. The second-order valence-corrected chi connectivity index (χ2v) is 3.25. The van der Waals surface area contributed by atoms with Crippen LogP contribution in [0.2, 0.25) is 5.02 Å². The summed E-state index contributed by atoms with van der Waals surface area (Å²) in [6.07, 6.45) is 0.0475. The lowest BCUT2D eigenvalue weighted by Gasteiger charge is -2.03. The maximum absolute atomic E-state index is 13.1. The third kappa shape index (κ3) is 2.42.